The van der Waals surface area contributed by atoms with Gasteiger partial charge in [0.25, 0.3) is 6.71 Å². The highest BCUT2D eigenvalue weighted by Gasteiger charge is 2.46. The van der Waals surface area contributed by atoms with Crippen LogP contribution in [0.4, 0.5) is 34.1 Å². The minimum absolute atomic E-state index is 0.194. The molecule has 0 N–H and O–H groups in total. The lowest BCUT2D eigenvalue weighted by Gasteiger charge is -2.47. The third-order valence-corrected chi connectivity index (χ3v) is 20.8. The Kier molecular flexibility index (Phi) is 14.1. The maximum Gasteiger partial charge on any atom is 0.252 e. The first-order chi connectivity index (χ1) is 47.0. The molecule has 0 atom stereocenters. The zero-order valence-electron chi connectivity index (χ0n) is 56.8. The van der Waals surface area contributed by atoms with Gasteiger partial charge in [-0.25, -0.2) is 0 Å². The van der Waals surface area contributed by atoms with Crippen LogP contribution in [0.1, 0.15) is 79.0 Å². The van der Waals surface area contributed by atoms with Gasteiger partial charge < -0.3 is 9.80 Å². The van der Waals surface area contributed by atoms with Crippen molar-refractivity contribution in [2.45, 2.75) is 78.6 Å². The molecule has 0 aromatic heterocycles. The molecule has 0 spiro atoms. The summed E-state index contributed by atoms with van der Waals surface area (Å²) in [5, 5.41) is 9.94. The van der Waals surface area contributed by atoms with Gasteiger partial charge in [-0.3, -0.25) is 0 Å². The predicted octanol–water partition coefficient (Wildman–Crippen LogP) is 24.3. The van der Waals surface area contributed by atoms with E-state index in [1.165, 1.54) is 154 Å². The van der Waals surface area contributed by atoms with Gasteiger partial charge in [0.2, 0.25) is 0 Å². The molecule has 0 saturated carbocycles. The summed E-state index contributed by atoms with van der Waals surface area (Å²) < 4.78 is 0. The minimum Gasteiger partial charge on any atom is -0.310 e. The maximum absolute atomic E-state index is 2.73. The van der Waals surface area contributed by atoms with E-state index >= 15 is 0 Å². The summed E-state index contributed by atoms with van der Waals surface area (Å²) in [6.07, 6.45) is 0. The third kappa shape index (κ3) is 10.3. The van der Waals surface area contributed by atoms with Gasteiger partial charge in [-0.05, 0) is 198 Å². The summed E-state index contributed by atoms with van der Waals surface area (Å²) in [6.45, 7) is 21.2. The van der Waals surface area contributed by atoms with Crippen LogP contribution in [0.3, 0.4) is 0 Å². The van der Waals surface area contributed by atoms with Gasteiger partial charge in [-0.1, -0.05) is 305 Å². The number of hydrogen-bond donors (Lipinski definition) is 0. The molecular formula is C94H77BN2. The molecule has 15 aromatic rings. The van der Waals surface area contributed by atoms with Gasteiger partial charge in [0.1, 0.15) is 0 Å². The van der Waals surface area contributed by atoms with Crippen molar-refractivity contribution in [2.75, 3.05) is 9.80 Å². The Labute approximate surface area is 571 Å². The standard InChI is InChI=1S/C94H77BN2/c1-92(2,3)72-54-79(62-30-18-12-19-31-62)90(81(56-72)70-42-46-77-68(50-70)40-38-64-34-22-24-36-75(64)77)96-85-48-44-66(60-26-14-10-15-27-60)52-83(85)95-84-53-67(61-28-16-11-17-29-61)45-49-86(84)97(88-59-74(94(7,8)9)58-87(96)89(88)95)91-80(63-32-20-13-21-33-63)55-73(93(4,5)6)57-82(91)71-43-47-78-69(51-71)41-39-65-35-23-25-37-76(65)78/h10-59H,1-9H3. The summed E-state index contributed by atoms with van der Waals surface area (Å²) in [7, 11) is 0. The van der Waals surface area contributed by atoms with Crippen LogP contribution in [0.2, 0.25) is 0 Å². The van der Waals surface area contributed by atoms with E-state index in [0.29, 0.717) is 0 Å². The van der Waals surface area contributed by atoms with Crippen LogP contribution in [-0.4, -0.2) is 6.71 Å². The van der Waals surface area contributed by atoms with Gasteiger partial charge in [-0.2, -0.15) is 0 Å². The lowest BCUT2D eigenvalue weighted by Crippen LogP contribution is -2.61. The van der Waals surface area contributed by atoms with E-state index in [2.05, 4.69) is 375 Å². The average Bonchev–Trinajstić information content (AvgIpc) is 0.686. The number of fused-ring (bicyclic) bond motifs is 10. The molecule has 0 bridgehead atoms. The van der Waals surface area contributed by atoms with E-state index in [1.54, 1.807) is 0 Å². The zero-order valence-corrected chi connectivity index (χ0v) is 56.8. The third-order valence-electron chi connectivity index (χ3n) is 20.8. The maximum atomic E-state index is 2.73. The number of nitrogens with zero attached hydrogens (tertiary/aromatic N) is 2. The van der Waals surface area contributed by atoms with E-state index in [0.717, 1.165) is 22.7 Å². The Balaban J connectivity index is 1.05. The first-order valence-electron chi connectivity index (χ1n) is 34.5. The van der Waals surface area contributed by atoms with Crippen LogP contribution in [0.15, 0.2) is 303 Å². The molecule has 97 heavy (non-hydrogen) atoms. The Hall–Kier alpha value is -11.0. The quantitative estimate of drug-likeness (QED) is 0.111. The number of anilines is 6. The van der Waals surface area contributed by atoms with Gasteiger partial charge in [0.15, 0.2) is 0 Å². The van der Waals surface area contributed by atoms with Crippen LogP contribution in [-0.2, 0) is 16.2 Å². The Morgan fingerprint density at radius 2 is 0.536 bits per heavy atom. The van der Waals surface area contributed by atoms with Crippen molar-refractivity contribution in [3.8, 4) is 66.8 Å². The summed E-state index contributed by atoms with van der Waals surface area (Å²) in [6, 6.07) is 116. The minimum atomic E-state index is -0.294. The molecule has 0 fully saturated rings. The fraction of sp³-hybridized carbons (Fsp3) is 0.128. The normalized spacial score (nSPS) is 12.9. The van der Waals surface area contributed by atoms with Gasteiger partial charge in [-0.15, -0.1) is 0 Å². The van der Waals surface area contributed by atoms with Crippen LogP contribution < -0.4 is 26.2 Å². The molecule has 0 amide bonds. The van der Waals surface area contributed by atoms with Crippen LogP contribution >= 0.6 is 0 Å². The molecule has 17 rings (SSSR count). The molecule has 0 aliphatic carbocycles. The Morgan fingerprint density at radius 1 is 0.227 bits per heavy atom. The molecule has 0 saturated heterocycles. The molecule has 3 heteroatoms. The number of benzene rings is 15. The number of hydrogen-bond acceptors (Lipinski definition) is 2. The second-order valence-corrected chi connectivity index (χ2v) is 30.1. The second kappa shape index (κ2) is 22.9. The van der Waals surface area contributed by atoms with Crippen molar-refractivity contribution < 1.29 is 0 Å². The van der Waals surface area contributed by atoms with Crippen molar-refractivity contribution >= 4 is 100 Å². The van der Waals surface area contributed by atoms with Crippen molar-refractivity contribution in [3.05, 3.63) is 320 Å². The summed E-state index contributed by atoms with van der Waals surface area (Å²) >= 11 is 0. The zero-order chi connectivity index (χ0) is 66.1. The highest BCUT2D eigenvalue weighted by molar-refractivity contribution is 7.00. The fourth-order valence-electron chi connectivity index (χ4n) is 15.6. The van der Waals surface area contributed by atoms with Gasteiger partial charge in [0.05, 0.1) is 11.4 Å². The Bertz CT molecular complexity index is 5290. The average molecular weight is 1250 g/mol. The smallest absolute Gasteiger partial charge is 0.252 e. The molecule has 0 radical (unpaired) electrons. The first-order valence-corrected chi connectivity index (χ1v) is 34.5. The van der Waals surface area contributed by atoms with E-state index < -0.39 is 0 Å². The molecule has 15 aromatic carbocycles. The first kappa shape index (κ1) is 59.7. The van der Waals surface area contributed by atoms with Crippen LogP contribution in [0.5, 0.6) is 0 Å². The molecule has 2 aliphatic heterocycles. The SMILES string of the molecule is CC(C)(C)c1cc(-c2ccccc2)c(N2c3ccc(-c4ccccc4)cc3B3c4cc(-c5ccccc5)ccc4N(c4c(-c5ccccc5)cc(C(C)(C)C)cc4-c4ccc5c(ccc6ccccc65)c4)c4cc(C(C)(C)C)cc2c43)c(-c2ccc3c(ccc4ccccc43)c2)c1. The van der Waals surface area contributed by atoms with Crippen molar-refractivity contribution in [1.82, 2.24) is 0 Å². The monoisotopic (exact) mass is 1240 g/mol. The Morgan fingerprint density at radius 3 is 0.918 bits per heavy atom. The number of rotatable bonds is 8. The topological polar surface area (TPSA) is 6.48 Å². The second-order valence-electron chi connectivity index (χ2n) is 30.1. The largest absolute Gasteiger partial charge is 0.310 e. The van der Waals surface area contributed by atoms with Crippen LogP contribution in [0.25, 0.3) is 110 Å². The molecule has 2 heterocycles. The summed E-state index contributed by atoms with van der Waals surface area (Å²) in [4.78, 5) is 5.45. The van der Waals surface area contributed by atoms with Crippen molar-refractivity contribution in [1.29, 1.82) is 0 Å². The van der Waals surface area contributed by atoms with E-state index in [-0.39, 0.29) is 23.0 Å². The highest BCUT2D eigenvalue weighted by atomic mass is 15.2. The van der Waals surface area contributed by atoms with E-state index in [4.69, 9.17) is 0 Å². The highest BCUT2D eigenvalue weighted by Crippen LogP contribution is 2.56. The summed E-state index contributed by atoms with van der Waals surface area (Å²) in [5.41, 5.74) is 28.0. The van der Waals surface area contributed by atoms with E-state index in [1.807, 2.05) is 0 Å². The van der Waals surface area contributed by atoms with Crippen molar-refractivity contribution in [2.24, 2.45) is 0 Å². The molecule has 466 valence electrons. The van der Waals surface area contributed by atoms with E-state index in [9.17, 15) is 0 Å². The molecule has 2 aliphatic rings. The molecule has 2 nitrogen and oxygen atoms in total. The van der Waals surface area contributed by atoms with Gasteiger partial charge >= 0.3 is 0 Å². The lowest BCUT2D eigenvalue weighted by molar-refractivity contribution is 0.590. The summed E-state index contributed by atoms with van der Waals surface area (Å²) in [5.74, 6) is 0. The van der Waals surface area contributed by atoms with Crippen molar-refractivity contribution in [3.63, 3.8) is 0 Å². The van der Waals surface area contributed by atoms with Crippen LogP contribution in [0, 0.1) is 0 Å². The predicted molar refractivity (Wildman–Crippen MR) is 419 cm³/mol. The fourth-order valence-corrected chi connectivity index (χ4v) is 15.6. The molecule has 0 unspecified atom stereocenters. The van der Waals surface area contributed by atoms with Gasteiger partial charge in [0, 0.05) is 45.0 Å². The molecular weight excluding hydrogens is 1170 g/mol. The lowest BCUT2D eigenvalue weighted by atomic mass is 9.33.